The zero-order valence-electron chi connectivity index (χ0n) is 11.9. The third-order valence-electron chi connectivity index (χ3n) is 5.30. The molecule has 5 N–H and O–H groups in total. The number of aliphatic hydroxyl groups is 1. The summed E-state index contributed by atoms with van der Waals surface area (Å²) in [6, 6.07) is 0.157. The summed E-state index contributed by atoms with van der Waals surface area (Å²) >= 11 is 0. The summed E-state index contributed by atoms with van der Waals surface area (Å²) < 4.78 is 0. The highest BCUT2D eigenvalue weighted by Crippen LogP contribution is 2.31. The van der Waals surface area contributed by atoms with Crippen molar-refractivity contribution in [1.29, 1.82) is 0 Å². The predicted molar refractivity (Wildman–Crippen MR) is 75.5 cm³/mol. The normalized spacial score (nSPS) is 39.8. The highest BCUT2D eigenvalue weighted by Gasteiger charge is 2.40. The molecule has 2 saturated heterocycles. The van der Waals surface area contributed by atoms with E-state index in [9.17, 15) is 5.11 Å². The average molecular weight is 268 g/mol. The van der Waals surface area contributed by atoms with Crippen molar-refractivity contribution in [3.05, 3.63) is 0 Å². The first-order valence-electron chi connectivity index (χ1n) is 7.88. The van der Waals surface area contributed by atoms with Gasteiger partial charge in [0.05, 0.1) is 17.9 Å². The number of fused-ring (bicyclic) bond motifs is 1. The van der Waals surface area contributed by atoms with Crippen molar-refractivity contribution in [2.75, 3.05) is 13.2 Å². The van der Waals surface area contributed by atoms with Crippen LogP contribution < -0.4 is 21.3 Å². The smallest absolute Gasteiger partial charge is 0.0797 e. The lowest BCUT2D eigenvalue weighted by molar-refractivity contribution is -0.0337. The molecule has 4 unspecified atom stereocenters. The van der Waals surface area contributed by atoms with Crippen molar-refractivity contribution >= 4 is 0 Å². The van der Waals surface area contributed by atoms with Gasteiger partial charge >= 0.3 is 0 Å². The topological polar surface area (TPSA) is 68.3 Å². The van der Waals surface area contributed by atoms with Crippen molar-refractivity contribution in [1.82, 2.24) is 21.3 Å². The van der Waals surface area contributed by atoms with E-state index >= 15 is 0 Å². The van der Waals surface area contributed by atoms with E-state index in [-0.39, 0.29) is 6.04 Å². The van der Waals surface area contributed by atoms with Gasteiger partial charge in [-0.25, -0.2) is 0 Å². The maximum absolute atomic E-state index is 10.8. The van der Waals surface area contributed by atoms with E-state index in [2.05, 4.69) is 28.2 Å². The fourth-order valence-corrected chi connectivity index (χ4v) is 3.94. The summed E-state index contributed by atoms with van der Waals surface area (Å²) in [4.78, 5) is 0. The molecule has 2 heterocycles. The molecule has 5 nitrogen and oxygen atoms in total. The highest BCUT2D eigenvalue weighted by molar-refractivity contribution is 4.97. The quantitative estimate of drug-likeness (QED) is 0.501. The molecule has 3 aliphatic rings. The maximum Gasteiger partial charge on any atom is 0.0797 e. The molecule has 3 rings (SSSR count). The molecule has 0 aromatic heterocycles. The molecule has 0 aromatic rings. The van der Waals surface area contributed by atoms with Crippen LogP contribution >= 0.6 is 0 Å². The van der Waals surface area contributed by atoms with Gasteiger partial charge < -0.3 is 10.4 Å². The van der Waals surface area contributed by atoms with Gasteiger partial charge in [0.15, 0.2) is 0 Å². The minimum absolute atomic E-state index is 0.157. The second-order valence-electron chi connectivity index (χ2n) is 6.50. The van der Waals surface area contributed by atoms with Crippen LogP contribution in [0.5, 0.6) is 0 Å². The number of hydrogen-bond acceptors (Lipinski definition) is 5. The standard InChI is InChI=1S/C14H28N4O/c1-10(14(19)6-3-2-4-7-14)18-13-11-5-8-15-12(11)16-9-17-13/h10-13,15-19H,2-9H2,1H3. The molecule has 3 fully saturated rings. The van der Waals surface area contributed by atoms with E-state index in [1.54, 1.807) is 0 Å². The van der Waals surface area contributed by atoms with E-state index in [0.29, 0.717) is 18.2 Å². The monoisotopic (exact) mass is 268 g/mol. The lowest BCUT2D eigenvalue weighted by Gasteiger charge is -2.43. The molecule has 1 aliphatic carbocycles. The Hall–Kier alpha value is -0.200. The van der Waals surface area contributed by atoms with Crippen LogP contribution in [0.2, 0.25) is 0 Å². The van der Waals surface area contributed by atoms with Gasteiger partial charge in [0, 0.05) is 18.6 Å². The first-order valence-corrected chi connectivity index (χ1v) is 7.88. The molecule has 0 spiro atoms. The Morgan fingerprint density at radius 1 is 1.16 bits per heavy atom. The molecule has 4 atom stereocenters. The van der Waals surface area contributed by atoms with Gasteiger partial charge in [0.25, 0.3) is 0 Å². The van der Waals surface area contributed by atoms with Crippen LogP contribution in [-0.2, 0) is 0 Å². The second-order valence-corrected chi connectivity index (χ2v) is 6.50. The largest absolute Gasteiger partial charge is 0.388 e. The first-order chi connectivity index (χ1) is 9.19. The third kappa shape index (κ3) is 2.81. The molecule has 2 aliphatic heterocycles. The summed E-state index contributed by atoms with van der Waals surface area (Å²) in [6.45, 7) is 4.06. The molecule has 1 saturated carbocycles. The third-order valence-corrected chi connectivity index (χ3v) is 5.30. The molecule has 19 heavy (non-hydrogen) atoms. The Bertz CT molecular complexity index is 306. The summed E-state index contributed by atoms with van der Waals surface area (Å²) in [7, 11) is 0. The van der Waals surface area contributed by atoms with Crippen molar-refractivity contribution in [2.45, 2.75) is 69.4 Å². The van der Waals surface area contributed by atoms with Gasteiger partial charge in [-0.1, -0.05) is 19.3 Å². The number of nitrogens with one attached hydrogen (secondary N) is 4. The van der Waals surface area contributed by atoms with Gasteiger partial charge in [-0.15, -0.1) is 0 Å². The zero-order chi connectivity index (χ0) is 13.3. The van der Waals surface area contributed by atoms with E-state index in [0.717, 1.165) is 38.9 Å². The molecule has 0 bridgehead atoms. The molecule has 110 valence electrons. The highest BCUT2D eigenvalue weighted by atomic mass is 16.3. The molecule has 0 amide bonds. The van der Waals surface area contributed by atoms with Crippen molar-refractivity contribution < 1.29 is 5.11 Å². The maximum atomic E-state index is 10.8. The predicted octanol–water partition coefficient (Wildman–Crippen LogP) is 0.0717. The Labute approximate surface area is 115 Å². The summed E-state index contributed by atoms with van der Waals surface area (Å²) in [5, 5.41) is 24.9. The Kier molecular flexibility index (Phi) is 4.10. The lowest BCUT2D eigenvalue weighted by atomic mass is 9.79. The van der Waals surface area contributed by atoms with Gasteiger partial charge in [0.1, 0.15) is 0 Å². The van der Waals surface area contributed by atoms with Gasteiger partial charge in [-0.05, 0) is 32.7 Å². The fourth-order valence-electron chi connectivity index (χ4n) is 3.94. The van der Waals surface area contributed by atoms with E-state index < -0.39 is 5.60 Å². The minimum atomic E-state index is -0.508. The second kappa shape index (κ2) is 5.66. The molecule has 0 aromatic carbocycles. The van der Waals surface area contributed by atoms with Gasteiger partial charge in [-0.2, -0.15) is 0 Å². The van der Waals surface area contributed by atoms with Crippen LogP contribution in [0.1, 0.15) is 45.4 Å². The van der Waals surface area contributed by atoms with Crippen LogP contribution in [-0.4, -0.2) is 42.3 Å². The minimum Gasteiger partial charge on any atom is -0.388 e. The van der Waals surface area contributed by atoms with Crippen LogP contribution in [0.25, 0.3) is 0 Å². The molecule has 5 heteroatoms. The van der Waals surface area contributed by atoms with Crippen molar-refractivity contribution in [2.24, 2.45) is 5.92 Å². The average Bonchev–Trinajstić information content (AvgIpc) is 2.89. The lowest BCUT2D eigenvalue weighted by Crippen LogP contribution is -2.66. The summed E-state index contributed by atoms with van der Waals surface area (Å²) in [6.07, 6.45) is 7.40. The van der Waals surface area contributed by atoms with E-state index in [1.165, 1.54) is 12.8 Å². The summed E-state index contributed by atoms with van der Waals surface area (Å²) in [5.41, 5.74) is -0.508. The fraction of sp³-hybridized carbons (Fsp3) is 1.00. The van der Waals surface area contributed by atoms with Crippen LogP contribution in [0.4, 0.5) is 0 Å². The zero-order valence-corrected chi connectivity index (χ0v) is 11.9. The van der Waals surface area contributed by atoms with Crippen LogP contribution in [0.15, 0.2) is 0 Å². The molecular formula is C14H28N4O. The Morgan fingerprint density at radius 3 is 2.74 bits per heavy atom. The number of hydrogen-bond donors (Lipinski definition) is 5. The van der Waals surface area contributed by atoms with E-state index in [1.807, 2.05) is 0 Å². The Balaban J connectivity index is 1.60. The van der Waals surface area contributed by atoms with Crippen LogP contribution in [0.3, 0.4) is 0 Å². The molecular weight excluding hydrogens is 240 g/mol. The Morgan fingerprint density at radius 2 is 1.95 bits per heavy atom. The van der Waals surface area contributed by atoms with E-state index in [4.69, 9.17) is 0 Å². The van der Waals surface area contributed by atoms with Crippen LogP contribution in [0, 0.1) is 5.92 Å². The number of rotatable bonds is 3. The van der Waals surface area contributed by atoms with Crippen molar-refractivity contribution in [3.63, 3.8) is 0 Å². The van der Waals surface area contributed by atoms with Crippen molar-refractivity contribution in [3.8, 4) is 0 Å². The van der Waals surface area contributed by atoms with Gasteiger partial charge in [-0.3, -0.25) is 16.0 Å². The first kappa shape index (κ1) is 13.8. The SMILES string of the molecule is CC(NC1NCNC2NCCC21)C1(O)CCCCC1. The molecule has 0 radical (unpaired) electrons. The van der Waals surface area contributed by atoms with Gasteiger partial charge in [0.2, 0.25) is 0 Å². The summed E-state index contributed by atoms with van der Waals surface area (Å²) in [5.74, 6) is 0.573.